The van der Waals surface area contributed by atoms with Gasteiger partial charge in [0.1, 0.15) is 17.2 Å². The number of nitrogens with one attached hydrogen (secondary N) is 5. The van der Waals surface area contributed by atoms with Gasteiger partial charge < -0.3 is 88.5 Å². The number of amides is 3. The molecule has 806 valence electrons. The van der Waals surface area contributed by atoms with Gasteiger partial charge in [-0.15, -0.1) is 0 Å². The maximum atomic E-state index is 14.3. The zero-order valence-corrected chi connectivity index (χ0v) is 84.8. The van der Waals surface area contributed by atoms with E-state index in [4.69, 9.17) is 158 Å². The van der Waals surface area contributed by atoms with E-state index in [9.17, 15) is 99.6 Å². The number of nitrogen functional groups attached to an aromatic ring is 3. The van der Waals surface area contributed by atoms with E-state index in [1.54, 1.807) is 109 Å². The van der Waals surface area contributed by atoms with Crippen LogP contribution in [0.4, 0.5) is 83.3 Å². The van der Waals surface area contributed by atoms with E-state index in [2.05, 4.69) is 99.5 Å². The number of H-pyrrole nitrogens is 2. The summed E-state index contributed by atoms with van der Waals surface area (Å²) in [5.41, 5.74) is 22.8. The topological polar surface area (TPSA) is 608 Å². The molecule has 2 fully saturated rings. The summed E-state index contributed by atoms with van der Waals surface area (Å²) in [5.74, 6) is -14.9. The van der Waals surface area contributed by atoms with Crippen LogP contribution in [0.2, 0.25) is 35.4 Å². The zero-order chi connectivity index (χ0) is 114. The van der Waals surface area contributed by atoms with Crippen molar-refractivity contribution in [1.29, 1.82) is 0 Å². The van der Waals surface area contributed by atoms with Crippen LogP contribution in [-0.4, -0.2) is 215 Å². The van der Waals surface area contributed by atoms with Crippen LogP contribution in [0.5, 0.6) is 0 Å². The third-order valence-corrected chi connectivity index (χ3v) is 19.0. The molecule has 15 rings (SSSR count). The fourth-order valence-electron chi connectivity index (χ4n) is 10.5. The number of carbonyl (C=O) groups is 9. The van der Waals surface area contributed by atoms with E-state index >= 15 is 0 Å². The zero-order valence-electron chi connectivity index (χ0n) is 76.3. The van der Waals surface area contributed by atoms with Gasteiger partial charge in [0.25, 0.3) is 11.8 Å². The number of hydrogen-bond donors (Lipinski definition) is 15. The van der Waals surface area contributed by atoms with Gasteiger partial charge >= 0.3 is 83.2 Å². The van der Waals surface area contributed by atoms with Gasteiger partial charge in [-0.25, -0.2) is 71.9 Å². The van der Waals surface area contributed by atoms with E-state index in [-0.39, 0.29) is 68.9 Å². The summed E-state index contributed by atoms with van der Waals surface area (Å²) < 4.78 is 170. The minimum atomic E-state index is -5.08. The fourth-order valence-corrected chi connectivity index (χ4v) is 11.7. The Labute approximate surface area is 884 Å². The Balaban J connectivity index is 0.000000430. The van der Waals surface area contributed by atoms with Crippen molar-refractivity contribution < 1.29 is 150 Å². The first-order chi connectivity index (χ1) is 69.4. The number of fused-ring (bicyclic) bond motifs is 3. The number of anilines is 3. The largest absolute Gasteiger partial charge is 0.490 e. The predicted octanol–water partition coefficient (Wildman–Crippen LogP) is 20.4. The van der Waals surface area contributed by atoms with E-state index in [0.717, 1.165) is 40.5 Å². The number of aromatic carboxylic acids is 2. The Kier molecular flexibility index (Phi) is 52.1. The quantitative estimate of drug-likeness (QED) is 0.0276. The summed E-state index contributed by atoms with van der Waals surface area (Å²) in [6.45, 7) is 8.04. The summed E-state index contributed by atoms with van der Waals surface area (Å²) in [4.78, 5) is 153. The van der Waals surface area contributed by atoms with Gasteiger partial charge in [0.05, 0.1) is 68.2 Å². The molecule has 0 radical (unpaired) electrons. The Morgan fingerprint density at radius 3 is 1.07 bits per heavy atom. The first-order valence-electron chi connectivity index (χ1n) is 40.2. The third-order valence-electron chi connectivity index (χ3n) is 17.4. The maximum absolute atomic E-state index is 14.3. The molecule has 0 unspecified atom stereocenters. The van der Waals surface area contributed by atoms with Crippen molar-refractivity contribution in [2.24, 2.45) is 0 Å². The number of carbonyl (C=O) groups excluding carboxylic acids is 3. The Morgan fingerprint density at radius 2 is 0.753 bits per heavy atom. The van der Waals surface area contributed by atoms with Crippen LogP contribution in [0, 0.1) is 11.6 Å². The van der Waals surface area contributed by atoms with Gasteiger partial charge in [-0.05, 0) is 193 Å². The number of aliphatic hydroxyl groups is 1. The van der Waals surface area contributed by atoms with Gasteiger partial charge in [0.2, 0.25) is 5.28 Å². The van der Waals surface area contributed by atoms with Crippen molar-refractivity contribution in [1.82, 2.24) is 70.7 Å². The maximum Gasteiger partial charge on any atom is 0.490 e. The number of nitrogens with zero attached hydrogens (tertiary/aromatic N) is 9. The summed E-state index contributed by atoms with van der Waals surface area (Å²) >= 11 is 53.4. The minimum Gasteiger partial charge on any atom is -0.478 e. The normalized spacial score (nSPS) is 11.8. The molecule has 0 spiro atoms. The van der Waals surface area contributed by atoms with Crippen molar-refractivity contribution in [2.75, 3.05) is 57.5 Å². The smallest absolute Gasteiger partial charge is 0.478 e. The number of rotatable bonds is 9. The number of ether oxygens (including phenoxy) is 1. The molecule has 13 aromatic rings. The van der Waals surface area contributed by atoms with Gasteiger partial charge in [0, 0.05) is 176 Å². The minimum absolute atomic E-state index is 0.0158. The van der Waals surface area contributed by atoms with E-state index < -0.39 is 94.8 Å². The number of nitrogens with two attached hydrogens (primary N) is 3. The predicted molar refractivity (Wildman–Crippen MR) is 529 cm³/mol. The molecule has 0 aliphatic carbocycles. The summed E-state index contributed by atoms with van der Waals surface area (Å²) in [6, 6.07) is 38.3. The van der Waals surface area contributed by atoms with Crippen LogP contribution >= 0.6 is 120 Å². The van der Waals surface area contributed by atoms with E-state index in [1.165, 1.54) is 93.3 Å². The second kappa shape index (κ2) is 60.0. The molecule has 0 saturated carbocycles. The van der Waals surface area contributed by atoms with Gasteiger partial charge in [0.15, 0.2) is 0 Å². The first-order valence-corrected chi connectivity index (χ1v) is 47.3. The van der Waals surface area contributed by atoms with Crippen molar-refractivity contribution in [3.8, 4) is 22.5 Å². The third kappa shape index (κ3) is 47.3. The van der Waals surface area contributed by atoms with Crippen LogP contribution in [0.15, 0.2) is 199 Å². The fraction of sp³-hybridized carbons (Fsp3) is 0.193. The molecule has 2 saturated heterocycles. The SMILES string of the molecule is CNC(=O)c1ccc(-c2nccnc2C2CN(C(=O)OC(C)(C)C)C2)cc1F.CNC(=O)c1ccc(-c2nccnc2C2CNC2)cc1F.Clc1ccc2cnc(Cl)nc2c1.Nc1cc(Cl)ccc1C(=O)O.Nc1cc(Cl)ccc1C(=O)O.Nc1cc(Cl)ccc1CO.O=C(O)C(F)(F)F.O=C(O)C(F)(F)F.O=C(O)C(F)(F)F.O=C(O)C(F)(F)F.O=P(Cl)(Cl)Cl.O=c1ncc2ccc(Cl)cc2[nH]1.O=c1ncc2ccc(Cl)cc2[nH]1. The average molecular weight is 2340 g/mol. The molecular formula is C88H76Cl10F14N17O20P. The Bertz CT molecular complexity index is 6790. The van der Waals surface area contributed by atoms with Crippen LogP contribution < -0.4 is 44.5 Å². The summed E-state index contributed by atoms with van der Waals surface area (Å²) in [5, 5.41) is 65.3. The number of aliphatic carboxylic acids is 4. The first kappa shape index (κ1) is 130. The molecule has 8 aromatic carbocycles. The van der Waals surface area contributed by atoms with Crippen LogP contribution in [0.3, 0.4) is 0 Å². The summed E-state index contributed by atoms with van der Waals surface area (Å²) in [7, 11) is 2.92. The van der Waals surface area contributed by atoms with E-state index in [0.29, 0.717) is 99.6 Å². The number of aromatic nitrogens is 10. The molecule has 62 heteroatoms. The molecule has 3 amide bonds. The number of aromatic amines is 2. The number of aliphatic hydroxyl groups excluding tert-OH is 1. The average Bonchev–Trinajstić information content (AvgIpc) is 0.787. The highest BCUT2D eigenvalue weighted by Crippen LogP contribution is 2.61. The Hall–Kier alpha value is -14.0. The Morgan fingerprint density at radius 1 is 0.440 bits per heavy atom. The number of likely N-dealkylation sites (tertiary alicyclic amines) is 1. The molecule has 7 heterocycles. The highest BCUT2D eigenvalue weighted by atomic mass is 36.0. The van der Waals surface area contributed by atoms with Gasteiger partial charge in [-0.1, -0.05) is 87.8 Å². The number of alkyl halides is 12. The molecule has 18 N–H and O–H groups in total. The van der Waals surface area contributed by atoms with Crippen LogP contribution in [0.25, 0.3) is 55.2 Å². The number of benzene rings is 8. The van der Waals surface area contributed by atoms with Crippen molar-refractivity contribution >= 4 is 224 Å². The van der Waals surface area contributed by atoms with Crippen molar-refractivity contribution in [3.05, 3.63) is 296 Å². The highest BCUT2D eigenvalue weighted by Gasteiger charge is 2.41. The van der Waals surface area contributed by atoms with Gasteiger partial charge in [-0.3, -0.25) is 34.1 Å². The molecule has 2 aliphatic rings. The number of carboxylic acid groups (broad SMARTS) is 6. The molecule has 5 aromatic heterocycles. The number of hydrogen-bond acceptors (Lipinski definition) is 26. The van der Waals surface area contributed by atoms with Crippen molar-refractivity contribution in [2.45, 2.75) is 69.5 Å². The lowest BCUT2D eigenvalue weighted by Gasteiger charge is -2.39. The van der Waals surface area contributed by atoms with Crippen LogP contribution in [0.1, 0.15) is 91.0 Å². The highest BCUT2D eigenvalue weighted by molar-refractivity contribution is 8.24. The monoisotopic (exact) mass is 2340 g/mol. The second-order valence-corrected chi connectivity index (χ2v) is 39.0. The number of carboxylic acids is 6. The molecule has 150 heavy (non-hydrogen) atoms. The second-order valence-electron chi connectivity index (χ2n) is 29.4. The lowest BCUT2D eigenvalue weighted by molar-refractivity contribution is -0.193. The van der Waals surface area contributed by atoms with E-state index in [1.807, 2.05) is 26.8 Å². The molecule has 37 nitrogen and oxygen atoms in total. The molecule has 0 atom stereocenters. The van der Waals surface area contributed by atoms with Gasteiger partial charge in [-0.2, -0.15) is 52.7 Å². The lowest BCUT2D eigenvalue weighted by Crippen LogP contribution is -2.50. The molecule has 2 aliphatic heterocycles. The number of halogens is 24. The standard InChI is InChI=1S/C20H23FN4O3.C15H15FN4O.C8H4Cl2N2.2C8H5ClN2O.2C7H6ClNO2.C7H8ClNO.4C2HF3O2.Cl3OP/c1-20(2,3)28-19(27)25-10-13(11-25)17-16(23-7-8-24-17)12-5-6-14(15(21)9-12)18(26)22-4;1-17-15(21)11-3-2-9(6-12(11)16)13-14(10-7-18-8-10)20-5-4-19-13;9-6-2-1-5-4-11-8(10)12-7(5)3-6;2*9-6-2-1-5-4-10-8(12)11-7(5)3-6;2*8-4-1-2-5(7(10)11)6(9)3-4;8-6-2-1-5(4-10)7(9)3-6;4*3-2(4,5)1(6)7;1-5(2,3)4/h5-9,13H,10-11H2,1-4H3,(H,22,26);2-6,10,18H,7-8H2,1H3,(H,17,21);1-4H;2*1-4H,(H,10,11,12);2*1-3H,9H2,(H,10,11);1-3,10H,4,9H2;4*(H,6,7);. The molecular weight excluding hydrogens is 2270 g/mol. The molecule has 0 bridgehead atoms. The van der Waals surface area contributed by atoms with Crippen LogP contribution in [-0.2, 0) is 35.1 Å². The van der Waals surface area contributed by atoms with Crippen molar-refractivity contribution in [3.63, 3.8) is 0 Å². The summed E-state index contributed by atoms with van der Waals surface area (Å²) in [6.07, 6.45) is -9.65. The lowest BCUT2D eigenvalue weighted by atomic mass is 9.92.